The molecule has 4 heterocycles. The topological polar surface area (TPSA) is 114 Å². The van der Waals surface area contributed by atoms with Gasteiger partial charge in [-0.2, -0.15) is 0 Å². The van der Waals surface area contributed by atoms with Crippen LogP contribution >= 0.6 is 0 Å². The van der Waals surface area contributed by atoms with Crippen molar-refractivity contribution in [1.29, 1.82) is 0 Å². The monoisotopic (exact) mass is 381 g/mol. The van der Waals surface area contributed by atoms with Crippen LogP contribution in [0.5, 0.6) is 0 Å². The average Bonchev–Trinajstić information content (AvgIpc) is 3.44. The SMILES string of the molecule is O=C(Nc1ccc(CC2CCN(C(=O)c3cocn3)CC2)cn1)c1cocn1. The molecule has 144 valence electrons. The van der Waals surface area contributed by atoms with Crippen molar-refractivity contribution >= 4 is 17.6 Å². The van der Waals surface area contributed by atoms with E-state index in [1.807, 2.05) is 11.0 Å². The van der Waals surface area contributed by atoms with Crippen LogP contribution in [0.2, 0.25) is 0 Å². The first-order valence-corrected chi connectivity index (χ1v) is 9.01. The summed E-state index contributed by atoms with van der Waals surface area (Å²) in [4.78, 5) is 38.0. The summed E-state index contributed by atoms with van der Waals surface area (Å²) in [6.07, 6.45) is 9.64. The van der Waals surface area contributed by atoms with Gasteiger partial charge in [0.25, 0.3) is 11.8 Å². The van der Waals surface area contributed by atoms with E-state index >= 15 is 0 Å². The number of rotatable bonds is 5. The molecule has 1 fully saturated rings. The van der Waals surface area contributed by atoms with Crippen LogP contribution in [0.15, 0.2) is 52.5 Å². The normalized spacial score (nSPS) is 14.8. The third-order valence-corrected chi connectivity index (χ3v) is 4.81. The molecule has 0 radical (unpaired) electrons. The summed E-state index contributed by atoms with van der Waals surface area (Å²) in [7, 11) is 0. The largest absolute Gasteiger partial charge is 0.451 e. The predicted octanol–water partition coefficient (Wildman–Crippen LogP) is 2.40. The molecule has 9 nitrogen and oxygen atoms in total. The zero-order valence-corrected chi connectivity index (χ0v) is 15.1. The second-order valence-electron chi connectivity index (χ2n) is 6.69. The number of hydrogen-bond acceptors (Lipinski definition) is 7. The Kier molecular flexibility index (Phi) is 5.14. The molecule has 3 aromatic rings. The van der Waals surface area contributed by atoms with E-state index in [2.05, 4.69) is 20.3 Å². The molecule has 1 saturated heterocycles. The van der Waals surface area contributed by atoms with Crippen molar-refractivity contribution in [2.45, 2.75) is 19.3 Å². The smallest absolute Gasteiger partial charge is 0.278 e. The maximum absolute atomic E-state index is 12.3. The summed E-state index contributed by atoms with van der Waals surface area (Å²) >= 11 is 0. The summed E-state index contributed by atoms with van der Waals surface area (Å²) in [5.74, 6) is 0.503. The fourth-order valence-corrected chi connectivity index (χ4v) is 3.28. The number of likely N-dealkylation sites (tertiary alicyclic amines) is 1. The number of aromatic nitrogens is 3. The zero-order chi connectivity index (χ0) is 19.3. The Morgan fingerprint density at radius 3 is 2.36 bits per heavy atom. The number of nitrogens with one attached hydrogen (secondary N) is 1. The van der Waals surface area contributed by atoms with Crippen LogP contribution in [0.1, 0.15) is 39.4 Å². The lowest BCUT2D eigenvalue weighted by molar-refractivity contribution is 0.0684. The summed E-state index contributed by atoms with van der Waals surface area (Å²) in [6, 6.07) is 3.73. The van der Waals surface area contributed by atoms with E-state index in [0.717, 1.165) is 24.8 Å². The molecule has 0 aromatic carbocycles. The van der Waals surface area contributed by atoms with Crippen LogP contribution in [0.25, 0.3) is 0 Å². The third kappa shape index (κ3) is 4.08. The summed E-state index contributed by atoms with van der Waals surface area (Å²) < 4.78 is 9.68. The van der Waals surface area contributed by atoms with Crippen molar-refractivity contribution in [1.82, 2.24) is 19.9 Å². The van der Waals surface area contributed by atoms with Gasteiger partial charge >= 0.3 is 0 Å². The molecule has 0 spiro atoms. The van der Waals surface area contributed by atoms with Crippen molar-refractivity contribution in [2.24, 2.45) is 5.92 Å². The number of piperidine rings is 1. The molecule has 28 heavy (non-hydrogen) atoms. The van der Waals surface area contributed by atoms with Gasteiger partial charge in [0, 0.05) is 19.3 Å². The van der Waals surface area contributed by atoms with Crippen molar-refractivity contribution < 1.29 is 18.4 Å². The summed E-state index contributed by atoms with van der Waals surface area (Å²) in [6.45, 7) is 1.41. The van der Waals surface area contributed by atoms with Gasteiger partial charge in [0.2, 0.25) is 0 Å². The van der Waals surface area contributed by atoms with Gasteiger partial charge in [0.1, 0.15) is 18.3 Å². The molecule has 1 N–H and O–H groups in total. The van der Waals surface area contributed by atoms with Gasteiger partial charge in [-0.1, -0.05) is 6.07 Å². The highest BCUT2D eigenvalue weighted by molar-refractivity contribution is 6.01. The molecule has 0 atom stereocenters. The number of pyridine rings is 1. The highest BCUT2D eigenvalue weighted by Gasteiger charge is 2.25. The van der Waals surface area contributed by atoms with E-state index in [0.29, 0.717) is 30.5 Å². The Morgan fingerprint density at radius 2 is 1.75 bits per heavy atom. The Hall–Kier alpha value is -3.49. The first kappa shape index (κ1) is 17.9. The number of carbonyl (C=O) groups is 2. The third-order valence-electron chi connectivity index (χ3n) is 4.81. The number of anilines is 1. The molecule has 0 saturated carbocycles. The lowest BCUT2D eigenvalue weighted by Crippen LogP contribution is -2.39. The number of amides is 2. The summed E-state index contributed by atoms with van der Waals surface area (Å²) in [5, 5.41) is 2.68. The van der Waals surface area contributed by atoms with Gasteiger partial charge in [-0.05, 0) is 36.8 Å². The minimum absolute atomic E-state index is 0.0823. The average molecular weight is 381 g/mol. The molecule has 1 aliphatic rings. The minimum atomic E-state index is -0.363. The molecule has 3 aromatic heterocycles. The second-order valence-corrected chi connectivity index (χ2v) is 6.69. The van der Waals surface area contributed by atoms with Gasteiger partial charge in [0.15, 0.2) is 24.2 Å². The van der Waals surface area contributed by atoms with Crippen molar-refractivity contribution in [3.63, 3.8) is 0 Å². The van der Waals surface area contributed by atoms with E-state index in [1.165, 1.54) is 25.3 Å². The fraction of sp³-hybridized carbons (Fsp3) is 0.316. The molecule has 1 aliphatic heterocycles. The standard InChI is InChI=1S/C19H19N5O4/c25-18(15-9-27-11-21-15)23-17-2-1-14(8-20-17)7-13-3-5-24(6-4-13)19(26)16-10-28-12-22-16/h1-2,8-13H,3-7H2,(H,20,23,25). The fourth-order valence-electron chi connectivity index (χ4n) is 3.28. The summed E-state index contributed by atoms with van der Waals surface area (Å²) in [5.41, 5.74) is 1.66. The second kappa shape index (κ2) is 8.03. The number of carbonyl (C=O) groups excluding carboxylic acids is 2. The molecular weight excluding hydrogens is 362 g/mol. The van der Waals surface area contributed by atoms with Crippen LogP contribution in [-0.4, -0.2) is 44.8 Å². The van der Waals surface area contributed by atoms with Gasteiger partial charge in [-0.25, -0.2) is 15.0 Å². The molecule has 0 unspecified atom stereocenters. The van der Waals surface area contributed by atoms with Crippen molar-refractivity contribution in [2.75, 3.05) is 18.4 Å². The van der Waals surface area contributed by atoms with Crippen LogP contribution in [0.3, 0.4) is 0 Å². The van der Waals surface area contributed by atoms with E-state index in [1.54, 1.807) is 12.3 Å². The predicted molar refractivity (Wildman–Crippen MR) is 97.5 cm³/mol. The molecule has 4 rings (SSSR count). The van der Waals surface area contributed by atoms with Crippen LogP contribution in [0.4, 0.5) is 5.82 Å². The molecular formula is C19H19N5O4. The highest BCUT2D eigenvalue weighted by Crippen LogP contribution is 2.23. The first-order valence-electron chi connectivity index (χ1n) is 9.01. The zero-order valence-electron chi connectivity index (χ0n) is 15.1. The van der Waals surface area contributed by atoms with Crippen LogP contribution in [0, 0.1) is 5.92 Å². The van der Waals surface area contributed by atoms with E-state index < -0.39 is 0 Å². The Labute approximate surface area is 160 Å². The lowest BCUT2D eigenvalue weighted by atomic mass is 9.90. The van der Waals surface area contributed by atoms with Gasteiger partial charge < -0.3 is 19.1 Å². The number of hydrogen-bond donors (Lipinski definition) is 1. The van der Waals surface area contributed by atoms with Gasteiger partial charge in [0.05, 0.1) is 0 Å². The maximum Gasteiger partial charge on any atom is 0.278 e. The quantitative estimate of drug-likeness (QED) is 0.722. The van der Waals surface area contributed by atoms with Crippen LogP contribution in [-0.2, 0) is 6.42 Å². The maximum atomic E-state index is 12.3. The molecule has 0 bridgehead atoms. The molecule has 2 amide bonds. The molecule has 0 aliphatic carbocycles. The number of oxazole rings is 2. The van der Waals surface area contributed by atoms with E-state index in [-0.39, 0.29) is 17.5 Å². The first-order chi connectivity index (χ1) is 13.7. The van der Waals surface area contributed by atoms with Crippen LogP contribution < -0.4 is 5.32 Å². The van der Waals surface area contributed by atoms with Gasteiger partial charge in [-0.3, -0.25) is 9.59 Å². The lowest BCUT2D eigenvalue weighted by Gasteiger charge is -2.31. The minimum Gasteiger partial charge on any atom is -0.451 e. The van der Waals surface area contributed by atoms with E-state index in [9.17, 15) is 9.59 Å². The highest BCUT2D eigenvalue weighted by atomic mass is 16.3. The van der Waals surface area contributed by atoms with Crippen molar-refractivity contribution in [3.05, 3.63) is 60.6 Å². The number of nitrogens with zero attached hydrogens (tertiary/aromatic N) is 4. The molecule has 9 heteroatoms. The van der Waals surface area contributed by atoms with E-state index in [4.69, 9.17) is 8.83 Å². The Bertz CT molecular complexity index is 914. The van der Waals surface area contributed by atoms with Gasteiger partial charge in [-0.15, -0.1) is 0 Å². The Morgan fingerprint density at radius 1 is 1.04 bits per heavy atom. The Balaban J connectivity index is 1.27. The van der Waals surface area contributed by atoms with Crippen molar-refractivity contribution in [3.8, 4) is 0 Å².